The van der Waals surface area contributed by atoms with Crippen LogP contribution in [0.4, 0.5) is 0 Å². The van der Waals surface area contributed by atoms with E-state index in [0.717, 1.165) is 5.75 Å². The van der Waals surface area contributed by atoms with Crippen molar-refractivity contribution >= 4 is 5.97 Å². The van der Waals surface area contributed by atoms with Crippen molar-refractivity contribution in [2.24, 2.45) is 0 Å². The van der Waals surface area contributed by atoms with Crippen LogP contribution in [0.5, 0.6) is 11.5 Å². The zero-order valence-electron chi connectivity index (χ0n) is 10.5. The number of carboxylic acids is 1. The van der Waals surface area contributed by atoms with Crippen molar-refractivity contribution in [2.45, 2.75) is 13.5 Å². The molecule has 0 bridgehead atoms. The van der Waals surface area contributed by atoms with Crippen LogP contribution >= 0.6 is 0 Å². The predicted octanol–water partition coefficient (Wildman–Crippen LogP) is 2.96. The van der Waals surface area contributed by atoms with E-state index in [1.54, 1.807) is 24.3 Å². The second-order valence-electron chi connectivity index (χ2n) is 3.76. The van der Waals surface area contributed by atoms with E-state index in [-0.39, 0.29) is 12.2 Å². The molecule has 2 rings (SSSR count). The highest BCUT2D eigenvalue weighted by Gasteiger charge is 2.13. The zero-order chi connectivity index (χ0) is 13.7. The fourth-order valence-corrected chi connectivity index (χ4v) is 1.59. The van der Waals surface area contributed by atoms with E-state index >= 15 is 0 Å². The van der Waals surface area contributed by atoms with Crippen molar-refractivity contribution in [3.05, 3.63) is 47.9 Å². The van der Waals surface area contributed by atoms with Gasteiger partial charge in [-0.25, -0.2) is 4.79 Å². The summed E-state index contributed by atoms with van der Waals surface area (Å²) in [5.74, 6) is 0.649. The lowest BCUT2D eigenvalue weighted by molar-refractivity contribution is 0.0692. The highest BCUT2D eigenvalue weighted by atomic mass is 16.5. The number of hydrogen-bond donors (Lipinski definition) is 1. The summed E-state index contributed by atoms with van der Waals surface area (Å²) < 4.78 is 15.9. The number of ether oxygens (including phenoxy) is 2. The summed E-state index contributed by atoms with van der Waals surface area (Å²) >= 11 is 0. The minimum atomic E-state index is -1.03. The first kappa shape index (κ1) is 13.0. The van der Waals surface area contributed by atoms with E-state index in [0.29, 0.717) is 18.1 Å². The van der Waals surface area contributed by atoms with Crippen molar-refractivity contribution in [2.75, 3.05) is 6.61 Å². The lowest BCUT2D eigenvalue weighted by atomic mass is 10.2. The third-order valence-electron chi connectivity index (χ3n) is 2.48. The van der Waals surface area contributed by atoms with E-state index in [4.69, 9.17) is 19.0 Å². The molecule has 19 heavy (non-hydrogen) atoms. The molecule has 0 atom stereocenters. The van der Waals surface area contributed by atoms with Gasteiger partial charge in [0.2, 0.25) is 0 Å². The van der Waals surface area contributed by atoms with Crippen molar-refractivity contribution in [3.8, 4) is 11.5 Å². The molecule has 0 saturated heterocycles. The van der Waals surface area contributed by atoms with Crippen LogP contribution in [-0.4, -0.2) is 17.7 Å². The third-order valence-corrected chi connectivity index (χ3v) is 2.48. The molecule has 5 heteroatoms. The lowest BCUT2D eigenvalue weighted by Crippen LogP contribution is -2.02. The molecule has 0 radical (unpaired) electrons. The maximum Gasteiger partial charge on any atom is 0.339 e. The van der Waals surface area contributed by atoms with E-state index in [9.17, 15) is 4.79 Å². The standard InChI is InChI=1S/C14H14O5/c1-2-17-10-3-5-11(6-4-10)19-9-13-12(14(15)16)7-8-18-13/h3-8H,2,9H2,1H3,(H,15,16). The van der Waals surface area contributed by atoms with Gasteiger partial charge in [0.1, 0.15) is 23.7 Å². The summed E-state index contributed by atoms with van der Waals surface area (Å²) in [5, 5.41) is 8.92. The predicted molar refractivity (Wildman–Crippen MR) is 67.6 cm³/mol. The molecule has 1 aromatic carbocycles. The molecule has 2 aromatic rings. The van der Waals surface area contributed by atoms with Crippen LogP contribution < -0.4 is 9.47 Å². The summed E-state index contributed by atoms with van der Waals surface area (Å²) in [4.78, 5) is 10.9. The lowest BCUT2D eigenvalue weighted by Gasteiger charge is -2.06. The third kappa shape index (κ3) is 3.28. The van der Waals surface area contributed by atoms with Gasteiger partial charge in [0.05, 0.1) is 12.9 Å². The van der Waals surface area contributed by atoms with E-state index < -0.39 is 5.97 Å². The smallest absolute Gasteiger partial charge is 0.339 e. The van der Waals surface area contributed by atoms with Crippen LogP contribution in [0.25, 0.3) is 0 Å². The first-order chi connectivity index (χ1) is 9.20. The highest BCUT2D eigenvalue weighted by molar-refractivity contribution is 5.88. The van der Waals surface area contributed by atoms with Crippen molar-refractivity contribution in [3.63, 3.8) is 0 Å². The molecule has 0 aliphatic heterocycles. The Morgan fingerprint density at radius 1 is 1.16 bits per heavy atom. The number of carbonyl (C=O) groups is 1. The average Bonchev–Trinajstić information content (AvgIpc) is 2.87. The normalized spacial score (nSPS) is 10.2. The summed E-state index contributed by atoms with van der Waals surface area (Å²) in [7, 11) is 0. The van der Waals surface area contributed by atoms with Crippen molar-refractivity contribution in [1.29, 1.82) is 0 Å². The van der Waals surface area contributed by atoms with Gasteiger partial charge in [0.25, 0.3) is 0 Å². The van der Waals surface area contributed by atoms with Crippen LogP contribution in [0.3, 0.4) is 0 Å². The van der Waals surface area contributed by atoms with Crippen LogP contribution in [0.1, 0.15) is 23.0 Å². The molecule has 0 amide bonds. The van der Waals surface area contributed by atoms with Gasteiger partial charge in [-0.05, 0) is 37.3 Å². The Morgan fingerprint density at radius 3 is 2.37 bits per heavy atom. The second-order valence-corrected chi connectivity index (χ2v) is 3.76. The molecule has 0 saturated carbocycles. The Balaban J connectivity index is 1.98. The molecular formula is C14H14O5. The number of furan rings is 1. The van der Waals surface area contributed by atoms with Gasteiger partial charge in [0, 0.05) is 0 Å². The average molecular weight is 262 g/mol. The zero-order valence-corrected chi connectivity index (χ0v) is 10.5. The molecular weight excluding hydrogens is 248 g/mol. The Hall–Kier alpha value is -2.43. The monoisotopic (exact) mass is 262 g/mol. The van der Waals surface area contributed by atoms with Gasteiger partial charge in [0.15, 0.2) is 5.76 Å². The summed E-state index contributed by atoms with van der Waals surface area (Å²) in [5.41, 5.74) is 0.117. The van der Waals surface area contributed by atoms with Crippen LogP contribution in [-0.2, 0) is 6.61 Å². The first-order valence-electron chi connectivity index (χ1n) is 5.86. The summed E-state index contributed by atoms with van der Waals surface area (Å²) in [6, 6.07) is 8.50. The number of hydrogen-bond acceptors (Lipinski definition) is 4. The topological polar surface area (TPSA) is 68.9 Å². The Kier molecular flexibility index (Phi) is 4.07. The van der Waals surface area contributed by atoms with Gasteiger partial charge in [-0.2, -0.15) is 0 Å². The molecule has 100 valence electrons. The second kappa shape index (κ2) is 5.95. The van der Waals surface area contributed by atoms with Gasteiger partial charge in [-0.15, -0.1) is 0 Å². The molecule has 1 heterocycles. The molecule has 0 aliphatic rings. The van der Waals surface area contributed by atoms with Crippen molar-refractivity contribution < 1.29 is 23.8 Å². The van der Waals surface area contributed by atoms with Crippen LogP contribution in [0, 0.1) is 0 Å². The molecule has 5 nitrogen and oxygen atoms in total. The molecule has 0 unspecified atom stereocenters. The SMILES string of the molecule is CCOc1ccc(OCc2occc2C(=O)O)cc1. The number of carboxylic acid groups (broad SMARTS) is 1. The highest BCUT2D eigenvalue weighted by Crippen LogP contribution is 2.19. The fraction of sp³-hybridized carbons (Fsp3) is 0.214. The van der Waals surface area contributed by atoms with Gasteiger partial charge in [-0.3, -0.25) is 0 Å². The molecule has 1 aromatic heterocycles. The quantitative estimate of drug-likeness (QED) is 0.866. The first-order valence-corrected chi connectivity index (χ1v) is 5.86. The molecule has 0 aliphatic carbocycles. The van der Waals surface area contributed by atoms with Gasteiger partial charge >= 0.3 is 5.97 Å². The summed E-state index contributed by atoms with van der Waals surface area (Å²) in [6.07, 6.45) is 1.33. The van der Waals surface area contributed by atoms with E-state index in [1.807, 2.05) is 6.92 Å². The van der Waals surface area contributed by atoms with Gasteiger partial charge in [-0.1, -0.05) is 0 Å². The maximum atomic E-state index is 10.9. The van der Waals surface area contributed by atoms with E-state index in [1.165, 1.54) is 12.3 Å². The van der Waals surface area contributed by atoms with Crippen molar-refractivity contribution in [1.82, 2.24) is 0 Å². The minimum absolute atomic E-state index is 0.0720. The molecule has 0 spiro atoms. The van der Waals surface area contributed by atoms with Crippen LogP contribution in [0.15, 0.2) is 41.0 Å². The fourth-order valence-electron chi connectivity index (χ4n) is 1.59. The van der Waals surface area contributed by atoms with E-state index in [2.05, 4.69) is 0 Å². The minimum Gasteiger partial charge on any atom is -0.494 e. The Labute approximate surface area is 110 Å². The Bertz CT molecular complexity index is 541. The largest absolute Gasteiger partial charge is 0.494 e. The summed E-state index contributed by atoms with van der Waals surface area (Å²) in [6.45, 7) is 2.59. The van der Waals surface area contributed by atoms with Crippen LogP contribution in [0.2, 0.25) is 0 Å². The molecule has 1 N–H and O–H groups in total. The van der Waals surface area contributed by atoms with Gasteiger partial charge < -0.3 is 19.0 Å². The Morgan fingerprint density at radius 2 is 1.79 bits per heavy atom. The number of rotatable bonds is 6. The number of benzene rings is 1. The number of aromatic carboxylic acids is 1. The maximum absolute atomic E-state index is 10.9. The molecule has 0 fully saturated rings.